The Balaban J connectivity index is 0.00000280. The number of imidazole rings is 1. The molecule has 1 aromatic carbocycles. The van der Waals surface area contributed by atoms with Gasteiger partial charge in [0.1, 0.15) is 0 Å². The predicted molar refractivity (Wildman–Crippen MR) is 147 cm³/mol. The normalized spacial score (nSPS) is 17.2. The third kappa shape index (κ3) is 3.43. The van der Waals surface area contributed by atoms with E-state index in [-0.39, 0.29) is 12.6 Å². The number of rotatable bonds is 4. The average molecular weight is 475 g/mol. The number of hydrogen-bond acceptors (Lipinski definition) is 3. The van der Waals surface area contributed by atoms with Crippen LogP contribution in [0.1, 0.15) is 61.9 Å². The SMILES string of the molecule is CC1=C=CC=Cn2ncc(C(=O)/C(C)=C\c3cc4c(cc3-c3cn(C)cn3)C3=C(C=C3)C(C)(C)C4)c21.[HH]. The lowest BCUT2D eigenvalue weighted by Gasteiger charge is -2.38. The molecule has 2 aromatic heterocycles. The average Bonchev–Trinajstić information content (AvgIpc) is 3.37. The van der Waals surface area contributed by atoms with Crippen molar-refractivity contribution in [3.63, 3.8) is 0 Å². The molecule has 0 amide bonds. The second-order valence-electron chi connectivity index (χ2n) is 10.5. The molecule has 0 atom stereocenters. The van der Waals surface area contributed by atoms with Gasteiger partial charge >= 0.3 is 0 Å². The van der Waals surface area contributed by atoms with Crippen molar-refractivity contribution < 1.29 is 6.22 Å². The van der Waals surface area contributed by atoms with Gasteiger partial charge in [0.15, 0.2) is 5.78 Å². The summed E-state index contributed by atoms with van der Waals surface area (Å²) < 4.78 is 3.69. The van der Waals surface area contributed by atoms with Crippen LogP contribution in [0.2, 0.25) is 0 Å². The van der Waals surface area contributed by atoms with Crippen LogP contribution in [0.5, 0.6) is 0 Å². The zero-order valence-electron chi connectivity index (χ0n) is 21.3. The second-order valence-corrected chi connectivity index (χ2v) is 10.5. The molecule has 5 nitrogen and oxygen atoms in total. The van der Waals surface area contributed by atoms with E-state index in [9.17, 15) is 4.79 Å². The van der Waals surface area contributed by atoms with Gasteiger partial charge in [-0.2, -0.15) is 5.10 Å². The van der Waals surface area contributed by atoms with Crippen LogP contribution in [-0.2, 0) is 13.5 Å². The number of nitrogens with zero attached hydrogens (tertiary/aromatic N) is 4. The van der Waals surface area contributed by atoms with E-state index in [2.05, 4.69) is 53.9 Å². The van der Waals surface area contributed by atoms with Crippen molar-refractivity contribution in [2.75, 3.05) is 0 Å². The van der Waals surface area contributed by atoms with Gasteiger partial charge in [0.05, 0.1) is 29.5 Å². The number of fused-ring (bicyclic) bond motifs is 3. The van der Waals surface area contributed by atoms with E-state index in [1.807, 2.05) is 62.4 Å². The third-order valence-corrected chi connectivity index (χ3v) is 7.36. The lowest BCUT2D eigenvalue weighted by atomic mass is 9.65. The molecular formula is C31H30N4O. The molecule has 36 heavy (non-hydrogen) atoms. The summed E-state index contributed by atoms with van der Waals surface area (Å²) in [4.78, 5) is 18.3. The number of Topliss-reactive ketones (excluding diaryl/α,β-unsaturated/α-hetero) is 1. The summed E-state index contributed by atoms with van der Waals surface area (Å²) in [6, 6.07) is 4.51. The molecule has 0 N–H and O–H groups in total. The Bertz CT molecular complexity index is 1660. The molecule has 180 valence electrons. The Kier molecular flexibility index (Phi) is 4.89. The Hall–Kier alpha value is -4.21. The molecule has 0 radical (unpaired) electrons. The highest BCUT2D eigenvalue weighted by Crippen LogP contribution is 2.49. The van der Waals surface area contributed by atoms with Crippen molar-refractivity contribution in [1.29, 1.82) is 0 Å². The molecule has 0 saturated heterocycles. The van der Waals surface area contributed by atoms with Crippen LogP contribution in [0, 0.1) is 5.41 Å². The zero-order valence-corrected chi connectivity index (χ0v) is 21.3. The molecule has 1 aliphatic heterocycles. The van der Waals surface area contributed by atoms with E-state index in [0.29, 0.717) is 11.1 Å². The van der Waals surface area contributed by atoms with Gasteiger partial charge in [0.25, 0.3) is 0 Å². The highest BCUT2D eigenvalue weighted by atomic mass is 16.1. The molecule has 0 spiro atoms. The Labute approximate surface area is 212 Å². The van der Waals surface area contributed by atoms with Crippen molar-refractivity contribution >= 4 is 29.2 Å². The number of carbonyl (C=O) groups is 1. The maximum Gasteiger partial charge on any atom is 0.192 e. The molecule has 3 aliphatic rings. The molecule has 3 aromatic rings. The van der Waals surface area contributed by atoms with Crippen LogP contribution in [0.4, 0.5) is 0 Å². The van der Waals surface area contributed by atoms with Gasteiger partial charge in [-0.25, -0.2) is 9.67 Å². The monoisotopic (exact) mass is 474 g/mol. The summed E-state index contributed by atoms with van der Waals surface area (Å²) in [7, 11) is 1.97. The molecule has 0 saturated carbocycles. The summed E-state index contributed by atoms with van der Waals surface area (Å²) in [5, 5.41) is 4.42. The van der Waals surface area contributed by atoms with Crippen molar-refractivity contribution in [2.45, 2.75) is 34.1 Å². The van der Waals surface area contributed by atoms with Crippen molar-refractivity contribution in [3.8, 4) is 11.3 Å². The zero-order chi connectivity index (χ0) is 25.2. The van der Waals surface area contributed by atoms with Gasteiger partial charge in [-0.05, 0) is 83.4 Å². The number of aryl methyl sites for hydroxylation is 1. The van der Waals surface area contributed by atoms with Gasteiger partial charge in [0.2, 0.25) is 0 Å². The van der Waals surface area contributed by atoms with E-state index >= 15 is 0 Å². The second kappa shape index (κ2) is 7.91. The van der Waals surface area contributed by atoms with Crippen LogP contribution in [0.15, 0.2) is 72.0 Å². The van der Waals surface area contributed by atoms with Crippen LogP contribution in [0.25, 0.3) is 34.7 Å². The van der Waals surface area contributed by atoms with Crippen molar-refractivity contribution in [3.05, 3.63) is 100.0 Å². The fourth-order valence-corrected chi connectivity index (χ4v) is 5.49. The van der Waals surface area contributed by atoms with Gasteiger partial charge in [-0.3, -0.25) is 4.79 Å². The number of allylic oxidation sites excluding steroid dienone is 7. The summed E-state index contributed by atoms with van der Waals surface area (Å²) >= 11 is 0. The summed E-state index contributed by atoms with van der Waals surface area (Å²) in [5.74, 6) is -0.0374. The van der Waals surface area contributed by atoms with Crippen LogP contribution < -0.4 is 0 Å². The Morgan fingerprint density at radius 3 is 2.78 bits per heavy atom. The van der Waals surface area contributed by atoms with Gasteiger partial charge in [-0.1, -0.05) is 32.1 Å². The minimum Gasteiger partial charge on any atom is -0.340 e. The number of ketones is 1. The quantitative estimate of drug-likeness (QED) is 0.238. The first-order chi connectivity index (χ1) is 17.2. The van der Waals surface area contributed by atoms with E-state index in [0.717, 1.165) is 34.5 Å². The topological polar surface area (TPSA) is 52.7 Å². The van der Waals surface area contributed by atoms with Crippen molar-refractivity contribution in [1.82, 2.24) is 19.3 Å². The first kappa shape index (κ1) is 22.3. The van der Waals surface area contributed by atoms with E-state index in [1.165, 1.54) is 22.3 Å². The molecule has 0 fully saturated rings. The number of hydrogen-bond donors (Lipinski definition) is 0. The fraction of sp³-hybridized carbons (Fsp3) is 0.226. The van der Waals surface area contributed by atoms with Gasteiger partial charge in [0, 0.05) is 32.0 Å². The molecule has 5 heteroatoms. The maximum atomic E-state index is 13.7. The van der Waals surface area contributed by atoms with Crippen LogP contribution in [-0.4, -0.2) is 25.1 Å². The lowest BCUT2D eigenvalue weighted by Crippen LogP contribution is -2.26. The molecule has 2 aliphatic carbocycles. The minimum atomic E-state index is -0.0374. The predicted octanol–water partition coefficient (Wildman–Crippen LogP) is 6.76. The van der Waals surface area contributed by atoms with E-state index in [1.54, 1.807) is 10.9 Å². The Morgan fingerprint density at radius 2 is 2.06 bits per heavy atom. The first-order valence-corrected chi connectivity index (χ1v) is 12.2. The summed E-state index contributed by atoms with van der Waals surface area (Å²) in [5.41, 5.74) is 14.5. The smallest absolute Gasteiger partial charge is 0.192 e. The summed E-state index contributed by atoms with van der Waals surface area (Å²) in [6.07, 6.45) is 18.5. The Morgan fingerprint density at radius 1 is 1.22 bits per heavy atom. The molecule has 6 rings (SSSR count). The first-order valence-electron chi connectivity index (χ1n) is 12.2. The highest BCUT2D eigenvalue weighted by Gasteiger charge is 2.35. The third-order valence-electron chi connectivity index (χ3n) is 7.36. The maximum absolute atomic E-state index is 13.7. The molecule has 3 heterocycles. The van der Waals surface area contributed by atoms with E-state index < -0.39 is 0 Å². The van der Waals surface area contributed by atoms with Gasteiger partial charge < -0.3 is 4.57 Å². The highest BCUT2D eigenvalue weighted by molar-refractivity contribution is 6.13. The number of carbonyl (C=O) groups excluding carboxylic acids is 1. The fourth-order valence-electron chi connectivity index (χ4n) is 5.49. The lowest BCUT2D eigenvalue weighted by molar-refractivity contribution is 0.103. The van der Waals surface area contributed by atoms with Crippen molar-refractivity contribution in [2.24, 2.45) is 12.5 Å². The molecular weight excluding hydrogens is 444 g/mol. The molecule has 0 unspecified atom stereocenters. The number of benzene rings is 1. The van der Waals surface area contributed by atoms with E-state index in [4.69, 9.17) is 0 Å². The van der Waals surface area contributed by atoms with Gasteiger partial charge in [-0.15, -0.1) is 5.73 Å². The van der Waals surface area contributed by atoms with Crippen LogP contribution >= 0.6 is 0 Å². The molecule has 0 bridgehead atoms. The summed E-state index contributed by atoms with van der Waals surface area (Å²) in [6.45, 7) is 8.44. The largest absolute Gasteiger partial charge is 0.340 e. The standard InChI is InChI=1S/C31H28N4O.H2/c1-19-8-6-7-11-35-29(19)26(16-33-35)30(36)20(2)12-21-13-22-15-31(3,4)27-10-9-23(27)24(22)14-25(21)28-17-34(5)18-32-28;/h6-7,9-14,16-18H,15H2,1-5H3;1H/b20-12-;. The minimum absolute atomic E-state index is 0. The van der Waals surface area contributed by atoms with Crippen LogP contribution in [0.3, 0.4) is 0 Å². The number of aromatic nitrogens is 4.